The molecule has 0 bridgehead atoms. The van der Waals surface area contributed by atoms with Crippen molar-refractivity contribution >= 4 is 11.6 Å². The molecule has 1 aliphatic rings. The molecule has 1 N–H and O–H groups in total. The first-order valence-corrected chi connectivity index (χ1v) is 8.13. The Hall–Kier alpha value is -1.42. The summed E-state index contributed by atoms with van der Waals surface area (Å²) in [4.78, 5) is 6.40. The van der Waals surface area contributed by atoms with E-state index in [9.17, 15) is 5.11 Å². The fraction of sp³-hybridized carbons (Fsp3) is 0.389. The minimum atomic E-state index is 0.205. The molecule has 1 aliphatic carbocycles. The second-order valence-corrected chi connectivity index (χ2v) is 6.35. The smallest absolute Gasteiger partial charge is 0.129 e. The van der Waals surface area contributed by atoms with Crippen LogP contribution >= 0.6 is 11.6 Å². The van der Waals surface area contributed by atoms with Crippen LogP contribution in [0.3, 0.4) is 0 Å². The fourth-order valence-corrected chi connectivity index (χ4v) is 3.12. The van der Waals surface area contributed by atoms with Crippen molar-refractivity contribution in [2.24, 2.45) is 5.92 Å². The van der Waals surface area contributed by atoms with Gasteiger partial charge in [0.25, 0.3) is 0 Å². The summed E-state index contributed by atoms with van der Waals surface area (Å²) in [6.07, 6.45) is 4.17. The molecule has 1 fully saturated rings. The van der Waals surface area contributed by atoms with E-state index in [2.05, 4.69) is 34.1 Å². The minimum Gasteiger partial charge on any atom is -0.395 e. The van der Waals surface area contributed by atoms with Gasteiger partial charge >= 0.3 is 0 Å². The highest BCUT2D eigenvalue weighted by molar-refractivity contribution is 6.29. The lowest BCUT2D eigenvalue weighted by atomic mass is 10.1. The van der Waals surface area contributed by atoms with Crippen LogP contribution in [0.25, 0.3) is 0 Å². The summed E-state index contributed by atoms with van der Waals surface area (Å²) in [5.41, 5.74) is 2.40. The first-order chi connectivity index (χ1) is 10.8. The van der Waals surface area contributed by atoms with Gasteiger partial charge in [-0.25, -0.2) is 4.98 Å². The van der Waals surface area contributed by atoms with Crippen LogP contribution in [0.15, 0.2) is 48.7 Å². The minimum absolute atomic E-state index is 0.205. The molecule has 3 nitrogen and oxygen atoms in total. The average molecular weight is 317 g/mol. The molecule has 1 heterocycles. The lowest BCUT2D eigenvalue weighted by Gasteiger charge is -2.31. The van der Waals surface area contributed by atoms with Gasteiger partial charge in [0.2, 0.25) is 0 Å². The molecule has 0 spiro atoms. The van der Waals surface area contributed by atoms with Crippen LogP contribution in [0.1, 0.15) is 24.0 Å². The van der Waals surface area contributed by atoms with Gasteiger partial charge in [0.15, 0.2) is 0 Å². The van der Waals surface area contributed by atoms with Gasteiger partial charge in [0.05, 0.1) is 6.61 Å². The van der Waals surface area contributed by atoms with Crippen molar-refractivity contribution < 1.29 is 5.11 Å². The Kier molecular flexibility index (Phi) is 5.08. The summed E-state index contributed by atoms with van der Waals surface area (Å²) in [6, 6.07) is 14.5. The Morgan fingerprint density at radius 3 is 2.50 bits per heavy atom. The Bertz CT molecular complexity index is 601. The maximum Gasteiger partial charge on any atom is 0.129 e. The molecule has 116 valence electrons. The lowest BCUT2D eigenvalue weighted by molar-refractivity contribution is 0.0945. The molecule has 0 saturated heterocycles. The van der Waals surface area contributed by atoms with Crippen LogP contribution in [0, 0.1) is 5.92 Å². The van der Waals surface area contributed by atoms with Crippen molar-refractivity contribution in [2.45, 2.75) is 32.0 Å². The van der Waals surface area contributed by atoms with Crippen molar-refractivity contribution in [3.8, 4) is 0 Å². The lowest BCUT2D eigenvalue weighted by Crippen LogP contribution is -2.38. The van der Waals surface area contributed by atoms with E-state index in [4.69, 9.17) is 11.6 Å². The third kappa shape index (κ3) is 4.07. The number of rotatable bonds is 7. The van der Waals surface area contributed by atoms with E-state index in [1.807, 2.05) is 18.2 Å². The van der Waals surface area contributed by atoms with Gasteiger partial charge in [0, 0.05) is 25.3 Å². The van der Waals surface area contributed by atoms with E-state index in [0.717, 1.165) is 18.7 Å². The monoisotopic (exact) mass is 316 g/mol. The summed E-state index contributed by atoms with van der Waals surface area (Å²) in [6.45, 7) is 1.82. The van der Waals surface area contributed by atoms with Crippen LogP contribution in [-0.2, 0) is 13.1 Å². The number of nitrogens with zero attached hydrogens (tertiary/aromatic N) is 2. The molecule has 2 aromatic rings. The number of halogens is 1. The van der Waals surface area contributed by atoms with Crippen molar-refractivity contribution in [1.82, 2.24) is 9.88 Å². The number of aliphatic hydroxyl groups excluding tert-OH is 1. The SMILES string of the molecule is OCC(C1CC1)N(Cc1ccccc1)Cc1ccnc(Cl)c1. The maximum atomic E-state index is 9.84. The Morgan fingerprint density at radius 1 is 1.14 bits per heavy atom. The quantitative estimate of drug-likeness (QED) is 0.794. The molecule has 1 aromatic heterocycles. The molecule has 1 unspecified atom stereocenters. The van der Waals surface area contributed by atoms with Crippen LogP contribution in [-0.4, -0.2) is 27.6 Å². The van der Waals surface area contributed by atoms with Crippen LogP contribution in [0.4, 0.5) is 0 Å². The summed E-state index contributed by atoms with van der Waals surface area (Å²) < 4.78 is 0. The molecule has 22 heavy (non-hydrogen) atoms. The molecule has 1 atom stereocenters. The topological polar surface area (TPSA) is 36.4 Å². The number of pyridine rings is 1. The Balaban J connectivity index is 1.78. The Morgan fingerprint density at radius 2 is 1.86 bits per heavy atom. The normalized spacial score (nSPS) is 16.0. The first-order valence-electron chi connectivity index (χ1n) is 7.75. The van der Waals surface area contributed by atoms with Crippen LogP contribution in [0.2, 0.25) is 5.15 Å². The van der Waals surface area contributed by atoms with Gasteiger partial charge in [-0.1, -0.05) is 41.9 Å². The van der Waals surface area contributed by atoms with Crippen molar-refractivity contribution in [2.75, 3.05) is 6.61 Å². The second-order valence-electron chi connectivity index (χ2n) is 5.96. The van der Waals surface area contributed by atoms with Crippen molar-refractivity contribution in [3.05, 3.63) is 64.9 Å². The Labute approximate surface area is 136 Å². The third-order valence-corrected chi connectivity index (χ3v) is 4.43. The van der Waals surface area contributed by atoms with E-state index >= 15 is 0 Å². The van der Waals surface area contributed by atoms with E-state index in [1.165, 1.54) is 18.4 Å². The molecular weight excluding hydrogens is 296 g/mol. The van der Waals surface area contributed by atoms with Crippen molar-refractivity contribution in [3.63, 3.8) is 0 Å². The highest BCUT2D eigenvalue weighted by atomic mass is 35.5. The number of benzene rings is 1. The number of hydrogen-bond acceptors (Lipinski definition) is 3. The summed E-state index contributed by atoms with van der Waals surface area (Å²) in [7, 11) is 0. The predicted octanol–water partition coefficient (Wildman–Crippen LogP) is 3.51. The van der Waals surface area contributed by atoms with E-state index in [-0.39, 0.29) is 12.6 Å². The molecule has 1 saturated carbocycles. The third-order valence-electron chi connectivity index (χ3n) is 4.23. The highest BCUT2D eigenvalue weighted by Crippen LogP contribution is 2.36. The predicted molar refractivity (Wildman–Crippen MR) is 88.5 cm³/mol. The molecular formula is C18H21ClN2O. The van der Waals surface area contributed by atoms with E-state index in [0.29, 0.717) is 11.1 Å². The zero-order valence-electron chi connectivity index (χ0n) is 12.5. The summed E-state index contributed by atoms with van der Waals surface area (Å²) in [5, 5.41) is 10.4. The molecule has 0 aliphatic heterocycles. The van der Waals surface area contributed by atoms with E-state index < -0.39 is 0 Å². The summed E-state index contributed by atoms with van der Waals surface area (Å²) >= 11 is 6.00. The first kappa shape index (κ1) is 15.5. The summed E-state index contributed by atoms with van der Waals surface area (Å²) in [5.74, 6) is 0.617. The van der Waals surface area contributed by atoms with Gasteiger partial charge < -0.3 is 5.11 Å². The van der Waals surface area contributed by atoms with Gasteiger partial charge in [-0.05, 0) is 42.0 Å². The number of hydrogen-bond donors (Lipinski definition) is 1. The second kappa shape index (κ2) is 7.23. The number of aromatic nitrogens is 1. The van der Waals surface area contributed by atoms with Gasteiger partial charge in [-0.15, -0.1) is 0 Å². The zero-order valence-corrected chi connectivity index (χ0v) is 13.3. The van der Waals surface area contributed by atoms with Gasteiger partial charge in [-0.3, -0.25) is 4.90 Å². The number of aliphatic hydroxyl groups is 1. The molecule has 4 heteroatoms. The highest BCUT2D eigenvalue weighted by Gasteiger charge is 2.34. The van der Waals surface area contributed by atoms with E-state index in [1.54, 1.807) is 6.20 Å². The largest absolute Gasteiger partial charge is 0.395 e. The molecule has 3 rings (SSSR count). The standard InChI is InChI=1S/C18H21ClN2O/c19-18-10-15(8-9-20-18)12-21(17(13-22)16-6-7-16)11-14-4-2-1-3-5-14/h1-5,8-10,16-17,22H,6-7,11-13H2. The van der Waals surface area contributed by atoms with Gasteiger partial charge in [-0.2, -0.15) is 0 Å². The van der Waals surface area contributed by atoms with Crippen LogP contribution in [0.5, 0.6) is 0 Å². The van der Waals surface area contributed by atoms with Crippen LogP contribution < -0.4 is 0 Å². The maximum absolute atomic E-state index is 9.84. The fourth-order valence-electron chi connectivity index (χ4n) is 2.93. The molecule has 0 radical (unpaired) electrons. The zero-order chi connectivity index (χ0) is 15.4. The average Bonchev–Trinajstić information content (AvgIpc) is 3.34. The van der Waals surface area contributed by atoms with Crippen molar-refractivity contribution in [1.29, 1.82) is 0 Å². The van der Waals surface area contributed by atoms with Gasteiger partial charge in [0.1, 0.15) is 5.15 Å². The molecule has 0 amide bonds. The molecule has 1 aromatic carbocycles.